The first kappa shape index (κ1) is 15.6. The SMILES string of the molecule is CSC(=S)OC1CCCN(C(=O)OC(C)(C)C)C1. The highest BCUT2D eigenvalue weighted by Gasteiger charge is 2.28. The van der Waals surface area contributed by atoms with Gasteiger partial charge in [-0.05, 0) is 52.1 Å². The molecule has 0 aromatic rings. The molecule has 4 nitrogen and oxygen atoms in total. The summed E-state index contributed by atoms with van der Waals surface area (Å²) in [7, 11) is 0. The van der Waals surface area contributed by atoms with Crippen molar-refractivity contribution >= 4 is 34.5 Å². The molecule has 0 aromatic carbocycles. The van der Waals surface area contributed by atoms with Gasteiger partial charge in [0, 0.05) is 6.54 Å². The second kappa shape index (κ2) is 6.61. The summed E-state index contributed by atoms with van der Waals surface area (Å²) in [6.45, 7) is 6.87. The van der Waals surface area contributed by atoms with Gasteiger partial charge in [0.15, 0.2) is 0 Å². The largest absolute Gasteiger partial charge is 0.473 e. The molecule has 1 heterocycles. The zero-order valence-electron chi connectivity index (χ0n) is 11.4. The highest BCUT2D eigenvalue weighted by molar-refractivity contribution is 8.22. The fraction of sp³-hybridized carbons (Fsp3) is 0.833. The van der Waals surface area contributed by atoms with Crippen molar-refractivity contribution in [3.8, 4) is 0 Å². The van der Waals surface area contributed by atoms with Crippen LogP contribution in [-0.4, -0.2) is 46.4 Å². The average molecular weight is 291 g/mol. The lowest BCUT2D eigenvalue weighted by Gasteiger charge is -2.34. The highest BCUT2D eigenvalue weighted by Crippen LogP contribution is 2.18. The third kappa shape index (κ3) is 5.44. The summed E-state index contributed by atoms with van der Waals surface area (Å²) in [5, 5.41) is 0. The summed E-state index contributed by atoms with van der Waals surface area (Å²) in [5.74, 6) is 0. The molecule has 1 aliphatic rings. The molecule has 0 spiro atoms. The zero-order chi connectivity index (χ0) is 13.8. The van der Waals surface area contributed by atoms with Gasteiger partial charge in [0.1, 0.15) is 11.7 Å². The minimum absolute atomic E-state index is 0.00813. The normalized spacial score (nSPS) is 20.4. The Bertz CT molecular complexity index is 315. The minimum atomic E-state index is -0.459. The van der Waals surface area contributed by atoms with Crippen molar-refractivity contribution in [2.24, 2.45) is 0 Å². The molecule has 0 bridgehead atoms. The van der Waals surface area contributed by atoms with Gasteiger partial charge in [-0.1, -0.05) is 11.8 Å². The van der Waals surface area contributed by atoms with Crippen LogP contribution >= 0.6 is 24.0 Å². The van der Waals surface area contributed by atoms with Crippen molar-refractivity contribution in [3.05, 3.63) is 0 Å². The van der Waals surface area contributed by atoms with Gasteiger partial charge in [-0.25, -0.2) is 4.79 Å². The Morgan fingerprint density at radius 3 is 2.67 bits per heavy atom. The maximum absolute atomic E-state index is 11.9. The number of nitrogens with zero attached hydrogens (tertiary/aromatic N) is 1. The summed E-state index contributed by atoms with van der Waals surface area (Å²) in [4.78, 5) is 13.6. The Hall–Kier alpha value is -0.490. The molecule has 1 unspecified atom stereocenters. The first-order valence-electron chi connectivity index (χ1n) is 6.04. The van der Waals surface area contributed by atoms with E-state index in [0.29, 0.717) is 10.9 Å². The van der Waals surface area contributed by atoms with Crippen molar-refractivity contribution in [2.75, 3.05) is 19.3 Å². The van der Waals surface area contributed by atoms with Gasteiger partial charge in [-0.15, -0.1) is 0 Å². The molecular formula is C12H21NO3S2. The smallest absolute Gasteiger partial charge is 0.410 e. The number of thioether (sulfide) groups is 1. The molecule has 0 saturated carbocycles. The molecule has 0 N–H and O–H groups in total. The van der Waals surface area contributed by atoms with Crippen LogP contribution in [0.25, 0.3) is 0 Å². The van der Waals surface area contributed by atoms with Crippen molar-refractivity contribution in [2.45, 2.75) is 45.3 Å². The number of amides is 1. The molecule has 1 atom stereocenters. The Labute approximate surface area is 118 Å². The van der Waals surface area contributed by atoms with E-state index in [1.54, 1.807) is 4.90 Å². The van der Waals surface area contributed by atoms with Crippen molar-refractivity contribution < 1.29 is 14.3 Å². The number of thiocarbonyl (C=S) groups is 1. The summed E-state index contributed by atoms with van der Waals surface area (Å²) in [6, 6.07) is 0. The highest BCUT2D eigenvalue weighted by atomic mass is 32.2. The fourth-order valence-corrected chi connectivity index (χ4v) is 2.08. The standard InChI is InChI=1S/C12H21NO3S2/c1-12(2,3)16-10(14)13-7-5-6-9(8-13)15-11(17)18-4/h9H,5-8H2,1-4H3. The maximum atomic E-state index is 11.9. The Morgan fingerprint density at radius 2 is 2.11 bits per heavy atom. The number of carbonyl (C=O) groups is 1. The van der Waals surface area contributed by atoms with Crippen LogP contribution in [0, 0.1) is 0 Å². The van der Waals surface area contributed by atoms with Crippen LogP contribution in [0.4, 0.5) is 4.79 Å². The first-order valence-corrected chi connectivity index (χ1v) is 7.67. The van der Waals surface area contributed by atoms with Gasteiger partial charge in [-0.2, -0.15) is 0 Å². The number of rotatable bonds is 1. The third-order valence-corrected chi connectivity index (χ3v) is 3.49. The number of piperidine rings is 1. The molecule has 0 radical (unpaired) electrons. The summed E-state index contributed by atoms with van der Waals surface area (Å²) >= 11 is 6.45. The monoisotopic (exact) mass is 291 g/mol. The van der Waals surface area contributed by atoms with E-state index in [1.807, 2.05) is 27.0 Å². The van der Waals surface area contributed by atoms with E-state index in [4.69, 9.17) is 21.7 Å². The lowest BCUT2D eigenvalue weighted by molar-refractivity contribution is 0.00713. The Morgan fingerprint density at radius 1 is 1.44 bits per heavy atom. The van der Waals surface area contributed by atoms with Gasteiger partial charge in [0.2, 0.25) is 4.38 Å². The molecular weight excluding hydrogens is 270 g/mol. The average Bonchev–Trinajstić information content (AvgIpc) is 2.27. The van der Waals surface area contributed by atoms with Crippen molar-refractivity contribution in [1.29, 1.82) is 0 Å². The lowest BCUT2D eigenvalue weighted by atomic mass is 10.1. The molecule has 1 rings (SSSR count). The van der Waals surface area contributed by atoms with Gasteiger partial charge in [0.05, 0.1) is 6.54 Å². The van der Waals surface area contributed by atoms with E-state index < -0.39 is 5.60 Å². The van der Waals surface area contributed by atoms with E-state index in [2.05, 4.69) is 0 Å². The van der Waals surface area contributed by atoms with Crippen LogP contribution in [0.15, 0.2) is 0 Å². The molecule has 6 heteroatoms. The van der Waals surface area contributed by atoms with E-state index in [1.165, 1.54) is 11.8 Å². The lowest BCUT2D eigenvalue weighted by Crippen LogP contribution is -2.45. The summed E-state index contributed by atoms with van der Waals surface area (Å²) in [5.41, 5.74) is -0.459. The van der Waals surface area contributed by atoms with Crippen molar-refractivity contribution in [1.82, 2.24) is 4.90 Å². The maximum Gasteiger partial charge on any atom is 0.410 e. The van der Waals surface area contributed by atoms with Crippen LogP contribution in [-0.2, 0) is 9.47 Å². The Balaban J connectivity index is 2.48. The molecule has 104 valence electrons. The topological polar surface area (TPSA) is 38.8 Å². The number of likely N-dealkylation sites (tertiary alicyclic amines) is 1. The van der Waals surface area contributed by atoms with E-state index in [-0.39, 0.29) is 12.2 Å². The van der Waals surface area contributed by atoms with Crippen molar-refractivity contribution in [3.63, 3.8) is 0 Å². The second-order valence-corrected chi connectivity index (χ2v) is 6.67. The second-order valence-electron chi connectivity index (χ2n) is 5.26. The predicted octanol–water partition coefficient (Wildman–Crippen LogP) is 3.05. The minimum Gasteiger partial charge on any atom is -0.473 e. The first-order chi connectivity index (χ1) is 8.31. The molecule has 0 aromatic heterocycles. The number of ether oxygens (including phenoxy) is 2. The van der Waals surface area contributed by atoms with Crippen LogP contribution in [0.1, 0.15) is 33.6 Å². The van der Waals surface area contributed by atoms with Crippen LogP contribution < -0.4 is 0 Å². The van der Waals surface area contributed by atoms with Gasteiger partial charge in [0.25, 0.3) is 0 Å². The number of carbonyl (C=O) groups excluding carboxylic acids is 1. The summed E-state index contributed by atoms with van der Waals surface area (Å²) < 4.78 is 11.5. The summed E-state index contributed by atoms with van der Waals surface area (Å²) in [6.07, 6.45) is 3.45. The zero-order valence-corrected chi connectivity index (χ0v) is 13.0. The molecule has 1 aliphatic heterocycles. The van der Waals surface area contributed by atoms with Crippen LogP contribution in [0.3, 0.4) is 0 Å². The van der Waals surface area contributed by atoms with Crippen LogP contribution in [0.5, 0.6) is 0 Å². The fourth-order valence-electron chi connectivity index (χ4n) is 1.71. The molecule has 18 heavy (non-hydrogen) atoms. The molecule has 1 fully saturated rings. The third-order valence-electron chi connectivity index (χ3n) is 2.46. The van der Waals surface area contributed by atoms with Gasteiger partial charge in [-0.3, -0.25) is 0 Å². The number of hydrogen-bond acceptors (Lipinski definition) is 5. The predicted molar refractivity (Wildman–Crippen MR) is 78.0 cm³/mol. The quantitative estimate of drug-likeness (QED) is 0.694. The number of hydrogen-bond donors (Lipinski definition) is 0. The van der Waals surface area contributed by atoms with E-state index >= 15 is 0 Å². The Kier molecular flexibility index (Phi) is 5.72. The van der Waals surface area contributed by atoms with Crippen LogP contribution in [0.2, 0.25) is 0 Å². The molecule has 1 amide bonds. The molecule has 1 saturated heterocycles. The van der Waals surface area contributed by atoms with E-state index in [0.717, 1.165) is 19.4 Å². The van der Waals surface area contributed by atoms with E-state index in [9.17, 15) is 4.79 Å². The molecule has 0 aliphatic carbocycles. The van der Waals surface area contributed by atoms with Gasteiger partial charge < -0.3 is 14.4 Å². The van der Waals surface area contributed by atoms with Gasteiger partial charge >= 0.3 is 6.09 Å².